The van der Waals surface area contributed by atoms with Crippen molar-refractivity contribution in [1.29, 1.82) is 0 Å². The molecule has 2 aromatic rings. The van der Waals surface area contributed by atoms with Crippen molar-refractivity contribution in [3.63, 3.8) is 0 Å². The molecule has 0 saturated heterocycles. The van der Waals surface area contributed by atoms with Gasteiger partial charge >= 0.3 is 0 Å². The number of hydrogen-bond acceptors (Lipinski definition) is 6. The Kier molecular flexibility index (Phi) is 11.7. The molecule has 184 valence electrons. The molecule has 0 bridgehead atoms. The molecule has 0 radical (unpaired) electrons. The highest BCUT2D eigenvalue weighted by atomic mass is 32.1. The third-order valence-electron chi connectivity index (χ3n) is 6.09. The number of rotatable bonds is 15. The van der Waals surface area contributed by atoms with Crippen LogP contribution in [0.25, 0.3) is 0 Å². The molecular formula is C25H40FN5OS. The van der Waals surface area contributed by atoms with E-state index in [1.54, 1.807) is 12.1 Å². The lowest BCUT2D eigenvalue weighted by molar-refractivity contribution is -0.121. The number of carbonyl (C=O) groups excluding carboxylic acids is 1. The Morgan fingerprint density at radius 2 is 1.82 bits per heavy atom. The van der Waals surface area contributed by atoms with Gasteiger partial charge in [0.25, 0.3) is 0 Å². The summed E-state index contributed by atoms with van der Waals surface area (Å²) in [5.74, 6) is 0.556. The Hall–Kier alpha value is -2.06. The standard InChI is InChI=1S/C25H40FN5OS/c1-6-20(5)31(17-15-24(32)27-19(4)10-9-16-30(7-2)8-3)25-28-23(29-33-25)18-21-11-13-22(26)14-12-21/h11-14,19-20H,6-10,15-18H2,1-5H3,(H,27,32). The van der Waals surface area contributed by atoms with Gasteiger partial charge in [0.15, 0.2) is 0 Å². The molecular weight excluding hydrogens is 437 g/mol. The quantitative estimate of drug-likeness (QED) is 0.396. The zero-order valence-corrected chi connectivity index (χ0v) is 21.6. The summed E-state index contributed by atoms with van der Waals surface area (Å²) in [6, 6.07) is 6.87. The van der Waals surface area contributed by atoms with Gasteiger partial charge in [-0.05, 0) is 70.4 Å². The molecule has 2 atom stereocenters. The number of halogens is 1. The maximum absolute atomic E-state index is 13.1. The molecule has 6 nitrogen and oxygen atoms in total. The molecule has 0 saturated carbocycles. The van der Waals surface area contributed by atoms with E-state index in [4.69, 9.17) is 4.98 Å². The van der Waals surface area contributed by atoms with Crippen molar-refractivity contribution in [1.82, 2.24) is 19.6 Å². The molecule has 1 aromatic carbocycles. The fraction of sp³-hybridized carbons (Fsp3) is 0.640. The predicted octanol–water partition coefficient (Wildman–Crippen LogP) is 4.89. The van der Waals surface area contributed by atoms with E-state index >= 15 is 0 Å². The summed E-state index contributed by atoms with van der Waals surface area (Å²) in [5, 5.41) is 3.98. The van der Waals surface area contributed by atoms with Gasteiger partial charge < -0.3 is 15.1 Å². The van der Waals surface area contributed by atoms with E-state index in [2.05, 4.69) is 54.1 Å². The van der Waals surface area contributed by atoms with Gasteiger partial charge in [-0.25, -0.2) is 9.37 Å². The summed E-state index contributed by atoms with van der Waals surface area (Å²) in [4.78, 5) is 21.9. The first-order chi connectivity index (χ1) is 15.9. The van der Waals surface area contributed by atoms with Crippen LogP contribution >= 0.6 is 11.5 Å². The van der Waals surface area contributed by atoms with E-state index in [0.717, 1.165) is 55.4 Å². The second kappa shape index (κ2) is 14.3. The smallest absolute Gasteiger partial charge is 0.221 e. The van der Waals surface area contributed by atoms with Crippen LogP contribution in [-0.4, -0.2) is 58.4 Å². The average Bonchev–Trinajstić information content (AvgIpc) is 3.26. The Bertz CT molecular complexity index is 824. The molecule has 0 aliphatic carbocycles. The Labute approximate surface area is 202 Å². The van der Waals surface area contributed by atoms with Gasteiger partial charge in [0.2, 0.25) is 11.0 Å². The molecule has 0 fully saturated rings. The van der Waals surface area contributed by atoms with Crippen molar-refractivity contribution in [3.8, 4) is 0 Å². The lowest BCUT2D eigenvalue weighted by Gasteiger charge is -2.27. The highest BCUT2D eigenvalue weighted by Crippen LogP contribution is 2.23. The third kappa shape index (κ3) is 9.37. The number of nitrogens with one attached hydrogen (secondary N) is 1. The first-order valence-corrected chi connectivity index (χ1v) is 13.0. The monoisotopic (exact) mass is 477 g/mol. The van der Waals surface area contributed by atoms with E-state index in [9.17, 15) is 9.18 Å². The number of anilines is 1. The van der Waals surface area contributed by atoms with Crippen LogP contribution in [0.5, 0.6) is 0 Å². The fourth-order valence-electron chi connectivity index (χ4n) is 3.75. The zero-order valence-electron chi connectivity index (χ0n) is 20.8. The van der Waals surface area contributed by atoms with E-state index in [0.29, 0.717) is 19.4 Å². The second-order valence-electron chi connectivity index (χ2n) is 8.63. The molecule has 1 aromatic heterocycles. The van der Waals surface area contributed by atoms with Gasteiger partial charge in [-0.1, -0.05) is 32.9 Å². The van der Waals surface area contributed by atoms with Crippen molar-refractivity contribution in [3.05, 3.63) is 41.5 Å². The maximum atomic E-state index is 13.1. The molecule has 2 rings (SSSR count). The molecule has 8 heteroatoms. The number of amides is 1. The molecule has 1 amide bonds. The van der Waals surface area contributed by atoms with Crippen LogP contribution in [0.4, 0.5) is 9.52 Å². The lowest BCUT2D eigenvalue weighted by atomic mass is 10.1. The zero-order chi connectivity index (χ0) is 24.2. The summed E-state index contributed by atoms with van der Waals surface area (Å²) in [7, 11) is 0. The van der Waals surface area contributed by atoms with Gasteiger partial charge in [0, 0.05) is 43.0 Å². The molecule has 1 heterocycles. The highest BCUT2D eigenvalue weighted by molar-refractivity contribution is 7.09. The van der Waals surface area contributed by atoms with Crippen LogP contribution in [-0.2, 0) is 11.2 Å². The second-order valence-corrected chi connectivity index (χ2v) is 9.37. The van der Waals surface area contributed by atoms with Gasteiger partial charge in [-0.2, -0.15) is 4.37 Å². The number of nitrogens with zero attached hydrogens (tertiary/aromatic N) is 4. The number of carbonyl (C=O) groups is 1. The Morgan fingerprint density at radius 3 is 2.45 bits per heavy atom. The maximum Gasteiger partial charge on any atom is 0.221 e. The van der Waals surface area contributed by atoms with Crippen LogP contribution < -0.4 is 10.2 Å². The fourth-order valence-corrected chi connectivity index (χ4v) is 4.56. The van der Waals surface area contributed by atoms with E-state index in [1.165, 1.54) is 23.7 Å². The lowest BCUT2D eigenvalue weighted by Crippen LogP contribution is -2.39. The summed E-state index contributed by atoms with van der Waals surface area (Å²) in [6.07, 6.45) is 4.02. The van der Waals surface area contributed by atoms with Crippen LogP contribution in [0.2, 0.25) is 0 Å². The van der Waals surface area contributed by atoms with E-state index in [1.807, 2.05) is 0 Å². The molecule has 1 N–H and O–H groups in total. The van der Waals surface area contributed by atoms with Crippen LogP contribution in [0, 0.1) is 5.82 Å². The molecule has 0 aliphatic heterocycles. The van der Waals surface area contributed by atoms with Crippen LogP contribution in [0.1, 0.15) is 71.7 Å². The van der Waals surface area contributed by atoms with Crippen molar-refractivity contribution in [2.24, 2.45) is 0 Å². The van der Waals surface area contributed by atoms with Crippen LogP contribution in [0.15, 0.2) is 24.3 Å². The summed E-state index contributed by atoms with van der Waals surface area (Å²) >= 11 is 1.36. The highest BCUT2D eigenvalue weighted by Gasteiger charge is 2.19. The SMILES string of the molecule is CCC(C)N(CCC(=O)NC(C)CCCN(CC)CC)c1nc(Cc2ccc(F)cc2)ns1. The van der Waals surface area contributed by atoms with Crippen molar-refractivity contribution in [2.45, 2.75) is 78.8 Å². The predicted molar refractivity (Wildman–Crippen MR) is 135 cm³/mol. The van der Waals surface area contributed by atoms with Crippen LogP contribution in [0.3, 0.4) is 0 Å². The summed E-state index contributed by atoms with van der Waals surface area (Å²) < 4.78 is 17.6. The van der Waals surface area contributed by atoms with Crippen molar-refractivity contribution >= 4 is 22.6 Å². The summed E-state index contributed by atoms with van der Waals surface area (Å²) in [6.45, 7) is 14.6. The molecule has 0 spiro atoms. The Morgan fingerprint density at radius 1 is 1.12 bits per heavy atom. The number of benzene rings is 1. The summed E-state index contributed by atoms with van der Waals surface area (Å²) in [5.41, 5.74) is 0.977. The minimum atomic E-state index is -0.245. The average molecular weight is 478 g/mol. The molecule has 2 unspecified atom stereocenters. The van der Waals surface area contributed by atoms with Gasteiger partial charge in [0.05, 0.1) is 0 Å². The normalized spacial score (nSPS) is 13.2. The van der Waals surface area contributed by atoms with Gasteiger partial charge in [0.1, 0.15) is 11.6 Å². The van der Waals surface area contributed by atoms with Gasteiger partial charge in [-0.3, -0.25) is 4.79 Å². The number of aromatic nitrogens is 2. The number of hydrogen-bond donors (Lipinski definition) is 1. The molecule has 33 heavy (non-hydrogen) atoms. The van der Waals surface area contributed by atoms with E-state index in [-0.39, 0.29) is 23.8 Å². The van der Waals surface area contributed by atoms with Crippen molar-refractivity contribution in [2.75, 3.05) is 31.1 Å². The topological polar surface area (TPSA) is 61.4 Å². The first kappa shape index (κ1) is 27.2. The molecule has 0 aliphatic rings. The largest absolute Gasteiger partial charge is 0.354 e. The van der Waals surface area contributed by atoms with Gasteiger partial charge in [-0.15, -0.1) is 0 Å². The first-order valence-electron chi connectivity index (χ1n) is 12.2. The van der Waals surface area contributed by atoms with Crippen molar-refractivity contribution < 1.29 is 9.18 Å². The minimum absolute atomic E-state index is 0.0784. The van der Waals surface area contributed by atoms with E-state index < -0.39 is 0 Å². The third-order valence-corrected chi connectivity index (χ3v) is 6.89. The Balaban J connectivity index is 1.87. The minimum Gasteiger partial charge on any atom is -0.354 e.